The Morgan fingerprint density at radius 3 is 2.62 bits per heavy atom. The van der Waals surface area contributed by atoms with E-state index in [1.54, 1.807) is 21.7 Å². The van der Waals surface area contributed by atoms with Crippen LogP contribution >= 0.6 is 11.3 Å². The van der Waals surface area contributed by atoms with Crippen LogP contribution in [0.2, 0.25) is 0 Å². The van der Waals surface area contributed by atoms with Gasteiger partial charge in [0.25, 0.3) is 11.8 Å². The minimum atomic E-state index is -0.250. The summed E-state index contributed by atoms with van der Waals surface area (Å²) in [5, 5.41) is 8.14. The summed E-state index contributed by atoms with van der Waals surface area (Å²) in [6.45, 7) is 5.72. The number of amides is 2. The van der Waals surface area contributed by atoms with Crippen LogP contribution in [0.1, 0.15) is 51.9 Å². The number of likely N-dealkylation sites (tertiary alicyclic amines) is 1. The van der Waals surface area contributed by atoms with E-state index in [0.717, 1.165) is 18.5 Å². The number of carbonyl (C=O) groups excluding carboxylic acids is 2. The lowest BCUT2D eigenvalue weighted by molar-refractivity contribution is 0.0516. The molecule has 1 atom stereocenters. The van der Waals surface area contributed by atoms with Gasteiger partial charge in [-0.3, -0.25) is 14.3 Å². The maximum Gasteiger partial charge on any atom is 0.272 e. The summed E-state index contributed by atoms with van der Waals surface area (Å²) in [5.74, 6) is -0.147. The van der Waals surface area contributed by atoms with E-state index in [0.29, 0.717) is 42.9 Å². The summed E-state index contributed by atoms with van der Waals surface area (Å²) in [7, 11) is 1.81. The van der Waals surface area contributed by atoms with Gasteiger partial charge in [-0.05, 0) is 68.2 Å². The fraction of sp³-hybridized carbons (Fsp3) is 0.423. The van der Waals surface area contributed by atoms with Crippen LogP contribution in [0.3, 0.4) is 0 Å². The molecule has 1 fully saturated rings. The third kappa shape index (κ3) is 5.06. The number of likely N-dealkylation sites (N-methyl/N-ethyl adjacent to an activating group) is 1. The maximum atomic E-state index is 14.5. The molecule has 0 spiro atoms. The molecule has 0 N–H and O–H groups in total. The molecule has 0 unspecified atom stereocenters. The highest BCUT2D eigenvalue weighted by molar-refractivity contribution is 7.08. The number of halogens is 1. The number of nitrogens with zero attached hydrogens (tertiary/aromatic N) is 4. The van der Waals surface area contributed by atoms with Gasteiger partial charge in [0.15, 0.2) is 0 Å². The van der Waals surface area contributed by atoms with Crippen LogP contribution in [0.15, 0.2) is 47.2 Å². The average Bonchev–Trinajstić information content (AvgIpc) is 3.52. The molecule has 4 rings (SSSR count). The summed E-state index contributed by atoms with van der Waals surface area (Å²) in [6.07, 6.45) is 1.95. The molecule has 2 aromatic heterocycles. The third-order valence-corrected chi connectivity index (χ3v) is 7.45. The summed E-state index contributed by atoms with van der Waals surface area (Å²) < 4.78 is 16.3. The van der Waals surface area contributed by atoms with Crippen LogP contribution in [-0.4, -0.2) is 57.6 Å². The van der Waals surface area contributed by atoms with Gasteiger partial charge >= 0.3 is 0 Å². The van der Waals surface area contributed by atoms with E-state index < -0.39 is 0 Å². The van der Waals surface area contributed by atoms with Crippen LogP contribution < -0.4 is 0 Å². The zero-order chi connectivity index (χ0) is 24.2. The van der Waals surface area contributed by atoms with Crippen LogP contribution in [0.5, 0.6) is 0 Å². The second kappa shape index (κ2) is 10.5. The van der Waals surface area contributed by atoms with E-state index in [1.165, 1.54) is 17.4 Å². The van der Waals surface area contributed by atoms with Gasteiger partial charge in [-0.25, -0.2) is 4.39 Å². The van der Waals surface area contributed by atoms with E-state index in [2.05, 4.69) is 5.10 Å². The standard InChI is InChI=1S/C26H31FN4O2S/c1-4-31-24(15-18(2)28-31)26(33)30-12-9-19(10-13-30)23(16-20-7-5-6-8-22(20)27)29(3)25(32)21-11-14-34-17-21/h5-8,11,14-15,17,19,23H,4,9-10,12-13,16H2,1-3H3/t23-/m0/s1. The van der Waals surface area contributed by atoms with E-state index >= 15 is 0 Å². The second-order valence-corrected chi connectivity index (χ2v) is 9.69. The molecule has 0 bridgehead atoms. The molecular weight excluding hydrogens is 451 g/mol. The van der Waals surface area contributed by atoms with Crippen molar-refractivity contribution in [2.24, 2.45) is 5.92 Å². The molecule has 1 aromatic carbocycles. The SMILES string of the molecule is CCn1nc(C)cc1C(=O)N1CCC([C@H](Cc2ccccc2F)N(C)C(=O)c2ccsc2)CC1. The van der Waals surface area contributed by atoms with Gasteiger partial charge in [0, 0.05) is 38.1 Å². The first kappa shape index (κ1) is 24.1. The van der Waals surface area contributed by atoms with E-state index in [1.807, 2.05) is 54.8 Å². The summed E-state index contributed by atoms with van der Waals surface area (Å²) in [4.78, 5) is 30.0. The minimum absolute atomic E-state index is 0.00532. The summed E-state index contributed by atoms with van der Waals surface area (Å²) in [5.41, 5.74) is 2.71. The molecule has 3 heterocycles. The van der Waals surface area contributed by atoms with Crippen LogP contribution in [0, 0.1) is 18.7 Å². The lowest BCUT2D eigenvalue weighted by atomic mass is 9.84. The van der Waals surface area contributed by atoms with Crippen molar-refractivity contribution in [2.75, 3.05) is 20.1 Å². The molecule has 180 valence electrons. The van der Waals surface area contributed by atoms with Gasteiger partial charge in [0.1, 0.15) is 11.5 Å². The minimum Gasteiger partial charge on any atom is -0.338 e. The number of hydrogen-bond acceptors (Lipinski definition) is 4. The van der Waals surface area contributed by atoms with Gasteiger partial charge in [0.2, 0.25) is 0 Å². The fourth-order valence-electron chi connectivity index (χ4n) is 4.86. The van der Waals surface area contributed by atoms with Gasteiger partial charge in [-0.1, -0.05) is 18.2 Å². The first-order valence-electron chi connectivity index (χ1n) is 11.8. The van der Waals surface area contributed by atoms with Crippen molar-refractivity contribution in [3.8, 4) is 0 Å². The molecule has 0 radical (unpaired) electrons. The predicted molar refractivity (Wildman–Crippen MR) is 132 cm³/mol. The number of aryl methyl sites for hydroxylation is 2. The molecule has 8 heteroatoms. The van der Waals surface area contributed by atoms with Crippen molar-refractivity contribution in [1.82, 2.24) is 19.6 Å². The number of hydrogen-bond donors (Lipinski definition) is 0. The first-order valence-corrected chi connectivity index (χ1v) is 12.7. The van der Waals surface area contributed by atoms with Crippen molar-refractivity contribution in [3.05, 3.63) is 75.5 Å². The van der Waals surface area contributed by atoms with Gasteiger partial charge in [-0.2, -0.15) is 16.4 Å². The lowest BCUT2D eigenvalue weighted by Gasteiger charge is -2.40. The zero-order valence-electron chi connectivity index (χ0n) is 19.9. The highest BCUT2D eigenvalue weighted by Crippen LogP contribution is 2.29. The Balaban J connectivity index is 1.51. The van der Waals surface area contributed by atoms with E-state index in [4.69, 9.17) is 0 Å². The quantitative estimate of drug-likeness (QED) is 0.493. The van der Waals surface area contributed by atoms with Crippen LogP contribution in [-0.2, 0) is 13.0 Å². The first-order chi connectivity index (χ1) is 16.4. The fourth-order valence-corrected chi connectivity index (χ4v) is 5.49. The summed E-state index contributed by atoms with van der Waals surface area (Å²) in [6, 6.07) is 10.3. The Kier molecular flexibility index (Phi) is 7.46. The molecule has 1 aliphatic heterocycles. The highest BCUT2D eigenvalue weighted by atomic mass is 32.1. The van der Waals surface area contributed by atoms with E-state index in [-0.39, 0.29) is 29.6 Å². The molecule has 34 heavy (non-hydrogen) atoms. The molecule has 3 aromatic rings. The average molecular weight is 483 g/mol. The topological polar surface area (TPSA) is 58.4 Å². The van der Waals surface area contributed by atoms with Gasteiger partial charge in [-0.15, -0.1) is 0 Å². The van der Waals surface area contributed by atoms with Crippen molar-refractivity contribution < 1.29 is 14.0 Å². The number of carbonyl (C=O) groups is 2. The Morgan fingerprint density at radius 2 is 1.97 bits per heavy atom. The Morgan fingerprint density at radius 1 is 1.24 bits per heavy atom. The Labute approximate surface area is 204 Å². The molecule has 1 aliphatic rings. The van der Waals surface area contributed by atoms with Crippen LogP contribution in [0.4, 0.5) is 4.39 Å². The Bertz CT molecular complexity index is 1140. The van der Waals surface area contributed by atoms with Crippen molar-refractivity contribution in [3.63, 3.8) is 0 Å². The molecule has 1 saturated heterocycles. The smallest absolute Gasteiger partial charge is 0.272 e. The second-order valence-electron chi connectivity index (χ2n) is 8.91. The van der Waals surface area contributed by atoms with Crippen molar-refractivity contribution in [2.45, 2.75) is 45.7 Å². The lowest BCUT2D eigenvalue weighted by Crippen LogP contribution is -2.48. The largest absolute Gasteiger partial charge is 0.338 e. The van der Waals surface area contributed by atoms with E-state index in [9.17, 15) is 14.0 Å². The van der Waals surface area contributed by atoms with Gasteiger partial charge in [0.05, 0.1) is 11.3 Å². The van der Waals surface area contributed by atoms with Crippen molar-refractivity contribution in [1.29, 1.82) is 0 Å². The number of rotatable bonds is 7. The maximum absolute atomic E-state index is 14.5. The molecule has 0 aliphatic carbocycles. The summed E-state index contributed by atoms with van der Waals surface area (Å²) >= 11 is 1.49. The molecule has 6 nitrogen and oxygen atoms in total. The van der Waals surface area contributed by atoms with Gasteiger partial charge < -0.3 is 9.80 Å². The monoisotopic (exact) mass is 482 g/mol. The normalized spacial score (nSPS) is 15.4. The molecular formula is C26H31FN4O2S. The van der Waals surface area contributed by atoms with Crippen molar-refractivity contribution >= 4 is 23.2 Å². The Hall–Kier alpha value is -3.00. The number of thiophene rings is 1. The van der Waals surface area contributed by atoms with Crippen LogP contribution in [0.25, 0.3) is 0 Å². The number of aromatic nitrogens is 2. The predicted octanol–water partition coefficient (Wildman–Crippen LogP) is 4.65. The molecule has 2 amide bonds. The zero-order valence-corrected chi connectivity index (χ0v) is 20.7. The molecule has 0 saturated carbocycles. The number of benzene rings is 1. The third-order valence-electron chi connectivity index (χ3n) is 6.76. The highest BCUT2D eigenvalue weighted by Gasteiger charge is 2.34. The number of piperidine rings is 1.